The molecule has 0 fully saturated rings. The predicted octanol–water partition coefficient (Wildman–Crippen LogP) is 6.69. The molecule has 6 nitrogen and oxygen atoms in total. The Morgan fingerprint density at radius 1 is 0.769 bits per heavy atom. The molecule has 0 unspecified atom stereocenters. The summed E-state index contributed by atoms with van der Waals surface area (Å²) >= 11 is 0. The van der Waals surface area contributed by atoms with Gasteiger partial charge in [0.1, 0.15) is 11.5 Å². The average molecular weight is 511 g/mol. The van der Waals surface area contributed by atoms with E-state index in [2.05, 4.69) is 6.07 Å². The standard InChI is InChI=1S/C33H26N4O2/c1-23-20-25(18-19-30(23)39-2)31-26(22-36(34-31)27-14-8-4-9-15-27)21-29-32(24-12-6-3-7-13-24)35-37(33(29)38)28-16-10-5-11-17-28/h3-22H,1-2H3. The number of carbonyl (C=O) groups excluding carboxylic acids is 1. The Bertz CT molecular complexity index is 1710. The van der Waals surface area contributed by atoms with E-state index < -0.39 is 0 Å². The van der Waals surface area contributed by atoms with E-state index in [1.807, 2.05) is 127 Å². The first kappa shape index (κ1) is 24.1. The summed E-state index contributed by atoms with van der Waals surface area (Å²) in [6, 6.07) is 35.2. The minimum atomic E-state index is -0.190. The monoisotopic (exact) mass is 510 g/mol. The van der Waals surface area contributed by atoms with Crippen molar-refractivity contribution in [1.82, 2.24) is 9.78 Å². The van der Waals surface area contributed by atoms with Gasteiger partial charge in [0.15, 0.2) is 0 Å². The summed E-state index contributed by atoms with van der Waals surface area (Å²) < 4.78 is 7.32. The fourth-order valence-electron chi connectivity index (χ4n) is 4.71. The van der Waals surface area contributed by atoms with Crippen LogP contribution in [0.4, 0.5) is 5.69 Å². The third-order valence-corrected chi connectivity index (χ3v) is 6.66. The van der Waals surface area contributed by atoms with Gasteiger partial charge in [0.25, 0.3) is 5.91 Å². The van der Waals surface area contributed by atoms with E-state index in [0.717, 1.165) is 39.4 Å². The lowest BCUT2D eigenvalue weighted by Gasteiger charge is -2.11. The Balaban J connectivity index is 1.53. The molecule has 0 radical (unpaired) electrons. The Kier molecular flexibility index (Phi) is 6.35. The molecule has 0 spiro atoms. The van der Waals surface area contributed by atoms with Crippen LogP contribution in [0.2, 0.25) is 0 Å². The van der Waals surface area contributed by atoms with Crippen molar-refractivity contribution in [3.63, 3.8) is 0 Å². The smallest absolute Gasteiger partial charge is 0.281 e. The van der Waals surface area contributed by atoms with Crippen molar-refractivity contribution in [3.05, 3.63) is 138 Å². The van der Waals surface area contributed by atoms with Crippen LogP contribution >= 0.6 is 0 Å². The number of nitrogens with zero attached hydrogens (tertiary/aromatic N) is 4. The highest BCUT2D eigenvalue weighted by Gasteiger charge is 2.32. The molecule has 0 atom stereocenters. The van der Waals surface area contributed by atoms with Gasteiger partial charge in [-0.25, -0.2) is 4.68 Å². The highest BCUT2D eigenvalue weighted by Crippen LogP contribution is 2.32. The van der Waals surface area contributed by atoms with Crippen LogP contribution in [0, 0.1) is 6.92 Å². The van der Waals surface area contributed by atoms with Crippen LogP contribution in [0.5, 0.6) is 5.75 Å². The molecule has 0 saturated heterocycles. The molecule has 5 aromatic rings. The van der Waals surface area contributed by atoms with Gasteiger partial charge in [-0.1, -0.05) is 66.7 Å². The number of carbonyl (C=O) groups is 1. The fourth-order valence-corrected chi connectivity index (χ4v) is 4.71. The zero-order valence-corrected chi connectivity index (χ0v) is 21.7. The Morgan fingerprint density at radius 3 is 2.05 bits per heavy atom. The molecular weight excluding hydrogens is 484 g/mol. The second kappa shape index (κ2) is 10.3. The topological polar surface area (TPSA) is 59.7 Å². The van der Waals surface area contributed by atoms with E-state index in [-0.39, 0.29) is 5.91 Å². The fraction of sp³-hybridized carbons (Fsp3) is 0.0606. The molecule has 0 aliphatic carbocycles. The van der Waals surface area contributed by atoms with E-state index in [4.69, 9.17) is 14.9 Å². The summed E-state index contributed by atoms with van der Waals surface area (Å²) in [5.41, 5.74) is 7.13. The highest BCUT2D eigenvalue weighted by molar-refractivity contribution is 6.37. The van der Waals surface area contributed by atoms with Gasteiger partial charge in [0.05, 0.1) is 29.8 Å². The largest absolute Gasteiger partial charge is 0.496 e. The number of hydrogen-bond acceptors (Lipinski definition) is 4. The summed E-state index contributed by atoms with van der Waals surface area (Å²) in [7, 11) is 1.66. The molecule has 1 amide bonds. The number of amides is 1. The number of anilines is 1. The summed E-state index contributed by atoms with van der Waals surface area (Å²) in [5.74, 6) is 0.619. The Hall–Kier alpha value is -5.23. The first-order chi connectivity index (χ1) is 19.1. The van der Waals surface area contributed by atoms with Crippen LogP contribution in [0.3, 0.4) is 0 Å². The lowest BCUT2D eigenvalue weighted by atomic mass is 9.98. The zero-order chi connectivity index (χ0) is 26.8. The van der Waals surface area contributed by atoms with Crippen LogP contribution in [-0.2, 0) is 4.79 Å². The van der Waals surface area contributed by atoms with E-state index in [9.17, 15) is 4.79 Å². The SMILES string of the molecule is COc1ccc(-c2nn(-c3ccccc3)cc2C=C2C(=O)N(c3ccccc3)N=C2c2ccccc2)cc1C. The summed E-state index contributed by atoms with van der Waals surface area (Å²) in [6.45, 7) is 2.01. The van der Waals surface area contributed by atoms with Gasteiger partial charge >= 0.3 is 0 Å². The van der Waals surface area contributed by atoms with Crippen molar-refractivity contribution in [2.75, 3.05) is 12.1 Å². The molecule has 39 heavy (non-hydrogen) atoms. The van der Waals surface area contributed by atoms with Gasteiger partial charge in [0.2, 0.25) is 0 Å². The number of benzene rings is 4. The van der Waals surface area contributed by atoms with Crippen LogP contribution in [-0.4, -0.2) is 28.5 Å². The molecule has 0 N–H and O–H groups in total. The van der Waals surface area contributed by atoms with Crippen molar-refractivity contribution < 1.29 is 9.53 Å². The van der Waals surface area contributed by atoms with Gasteiger partial charge in [-0.2, -0.15) is 15.2 Å². The lowest BCUT2D eigenvalue weighted by molar-refractivity contribution is -0.114. The zero-order valence-electron chi connectivity index (χ0n) is 21.7. The first-order valence-corrected chi connectivity index (χ1v) is 12.7. The lowest BCUT2D eigenvalue weighted by Crippen LogP contribution is -2.21. The molecule has 1 aliphatic rings. The number of rotatable bonds is 6. The van der Waals surface area contributed by atoms with E-state index in [1.165, 1.54) is 5.01 Å². The Labute approximate surface area is 227 Å². The van der Waals surface area contributed by atoms with Crippen molar-refractivity contribution in [3.8, 4) is 22.7 Å². The van der Waals surface area contributed by atoms with E-state index in [0.29, 0.717) is 17.0 Å². The number of para-hydroxylation sites is 2. The van der Waals surface area contributed by atoms with Gasteiger partial charge < -0.3 is 4.74 Å². The maximum absolute atomic E-state index is 13.9. The second-order valence-electron chi connectivity index (χ2n) is 9.22. The van der Waals surface area contributed by atoms with Crippen LogP contribution < -0.4 is 9.75 Å². The number of hydrazone groups is 1. The van der Waals surface area contributed by atoms with Crippen LogP contribution in [0.25, 0.3) is 23.0 Å². The van der Waals surface area contributed by atoms with Gasteiger partial charge in [-0.15, -0.1) is 0 Å². The highest BCUT2D eigenvalue weighted by atomic mass is 16.5. The number of aromatic nitrogens is 2. The maximum atomic E-state index is 13.9. The minimum absolute atomic E-state index is 0.190. The molecule has 1 aliphatic heterocycles. The number of ether oxygens (including phenoxy) is 1. The van der Waals surface area contributed by atoms with Gasteiger partial charge in [0, 0.05) is 22.9 Å². The van der Waals surface area contributed by atoms with Crippen LogP contribution in [0.1, 0.15) is 16.7 Å². The maximum Gasteiger partial charge on any atom is 0.281 e. The molecule has 2 heterocycles. The molecule has 6 heteroatoms. The van der Waals surface area contributed by atoms with Crippen molar-refractivity contribution in [1.29, 1.82) is 0 Å². The molecular formula is C33H26N4O2. The van der Waals surface area contributed by atoms with E-state index in [1.54, 1.807) is 7.11 Å². The van der Waals surface area contributed by atoms with E-state index >= 15 is 0 Å². The molecule has 4 aromatic carbocycles. The van der Waals surface area contributed by atoms with Crippen LogP contribution in [0.15, 0.2) is 126 Å². The molecule has 1 aromatic heterocycles. The molecule has 190 valence electrons. The third-order valence-electron chi connectivity index (χ3n) is 6.66. The van der Waals surface area contributed by atoms with Gasteiger partial charge in [-0.05, 0) is 61.0 Å². The third kappa shape index (κ3) is 4.64. The molecule has 6 rings (SSSR count). The second-order valence-corrected chi connectivity index (χ2v) is 9.22. The van der Waals surface area contributed by atoms with Gasteiger partial charge in [-0.3, -0.25) is 4.79 Å². The first-order valence-electron chi connectivity index (χ1n) is 12.7. The quantitative estimate of drug-likeness (QED) is 0.239. The summed E-state index contributed by atoms with van der Waals surface area (Å²) in [4.78, 5) is 13.9. The predicted molar refractivity (Wildman–Crippen MR) is 155 cm³/mol. The van der Waals surface area contributed by atoms with Crippen molar-refractivity contribution in [2.24, 2.45) is 5.10 Å². The Morgan fingerprint density at radius 2 is 1.41 bits per heavy atom. The molecule has 0 saturated carbocycles. The summed E-state index contributed by atoms with van der Waals surface area (Å²) in [6.07, 6.45) is 3.86. The average Bonchev–Trinajstić information content (AvgIpc) is 3.56. The van der Waals surface area contributed by atoms with Crippen molar-refractivity contribution in [2.45, 2.75) is 6.92 Å². The number of hydrogen-bond donors (Lipinski definition) is 0. The summed E-state index contributed by atoms with van der Waals surface area (Å²) in [5, 5.41) is 11.2. The minimum Gasteiger partial charge on any atom is -0.496 e. The number of methoxy groups -OCH3 is 1. The number of aryl methyl sites for hydroxylation is 1. The normalized spacial score (nSPS) is 14.1. The van der Waals surface area contributed by atoms with Crippen molar-refractivity contribution >= 4 is 23.4 Å². The molecule has 0 bridgehead atoms.